The van der Waals surface area contributed by atoms with Crippen LogP contribution in [-0.2, 0) is 11.3 Å². The molecule has 0 radical (unpaired) electrons. The molecule has 0 saturated carbocycles. The maximum absolute atomic E-state index is 9.45. The van der Waals surface area contributed by atoms with E-state index < -0.39 is 12.2 Å². The van der Waals surface area contributed by atoms with Gasteiger partial charge < -0.3 is 19.7 Å². The number of aliphatic hydroxyl groups is 2. The van der Waals surface area contributed by atoms with Crippen LogP contribution in [0, 0.1) is 0 Å². The van der Waals surface area contributed by atoms with Gasteiger partial charge in [-0.3, -0.25) is 0 Å². The van der Waals surface area contributed by atoms with Gasteiger partial charge in [0.1, 0.15) is 5.75 Å². The lowest BCUT2D eigenvalue weighted by molar-refractivity contribution is 0.00380. The number of rotatable bonds is 8. The molecule has 1 rings (SSSR count). The van der Waals surface area contributed by atoms with E-state index in [-0.39, 0.29) is 5.88 Å². The maximum Gasteiger partial charge on any atom is 0.118 e. The standard InChI is InChI=1S/C13H19ClO4/c1-17-11-4-2-10(3-5-11)9-18-7-6-12(15)13(16)8-14/h2-5,12-13,15-16H,6-9H2,1H3/t12-,13-/m0/s1. The molecule has 0 amide bonds. The lowest BCUT2D eigenvalue weighted by Gasteiger charge is -2.15. The summed E-state index contributed by atoms with van der Waals surface area (Å²) in [7, 11) is 1.62. The van der Waals surface area contributed by atoms with Crippen molar-refractivity contribution in [3.63, 3.8) is 0 Å². The first-order chi connectivity index (χ1) is 8.67. The predicted molar refractivity (Wildman–Crippen MR) is 70.0 cm³/mol. The summed E-state index contributed by atoms with van der Waals surface area (Å²) in [4.78, 5) is 0. The molecule has 2 atom stereocenters. The van der Waals surface area contributed by atoms with Crippen LogP contribution in [0.4, 0.5) is 0 Å². The van der Waals surface area contributed by atoms with Crippen molar-refractivity contribution in [1.82, 2.24) is 0 Å². The average Bonchev–Trinajstić information content (AvgIpc) is 2.43. The number of hydrogen-bond acceptors (Lipinski definition) is 4. The third kappa shape index (κ3) is 5.23. The van der Waals surface area contributed by atoms with Crippen LogP contribution in [0.3, 0.4) is 0 Å². The maximum atomic E-state index is 9.45. The van der Waals surface area contributed by atoms with Crippen molar-refractivity contribution < 1.29 is 19.7 Å². The van der Waals surface area contributed by atoms with E-state index in [0.717, 1.165) is 11.3 Å². The second kappa shape index (κ2) is 8.32. The van der Waals surface area contributed by atoms with Crippen molar-refractivity contribution in [3.05, 3.63) is 29.8 Å². The van der Waals surface area contributed by atoms with Gasteiger partial charge in [0.2, 0.25) is 0 Å². The Bertz CT molecular complexity index is 328. The van der Waals surface area contributed by atoms with Crippen LogP contribution in [0.1, 0.15) is 12.0 Å². The van der Waals surface area contributed by atoms with E-state index >= 15 is 0 Å². The summed E-state index contributed by atoms with van der Waals surface area (Å²) >= 11 is 5.42. The van der Waals surface area contributed by atoms with Crippen LogP contribution in [0.5, 0.6) is 5.75 Å². The van der Waals surface area contributed by atoms with Crippen LogP contribution >= 0.6 is 11.6 Å². The quantitative estimate of drug-likeness (QED) is 0.558. The Labute approximate surface area is 112 Å². The topological polar surface area (TPSA) is 58.9 Å². The van der Waals surface area contributed by atoms with Gasteiger partial charge in [0.15, 0.2) is 0 Å². The number of ether oxygens (including phenoxy) is 2. The predicted octanol–water partition coefficient (Wildman–Crippen LogP) is 1.56. The summed E-state index contributed by atoms with van der Waals surface area (Å²) < 4.78 is 10.5. The number of hydrogen-bond donors (Lipinski definition) is 2. The highest BCUT2D eigenvalue weighted by Crippen LogP contribution is 2.12. The Morgan fingerprint density at radius 1 is 1.17 bits per heavy atom. The fraction of sp³-hybridized carbons (Fsp3) is 0.538. The van der Waals surface area contributed by atoms with Gasteiger partial charge in [-0.1, -0.05) is 12.1 Å². The summed E-state index contributed by atoms with van der Waals surface area (Å²) in [6.45, 7) is 0.842. The second-order valence-electron chi connectivity index (χ2n) is 3.98. The minimum atomic E-state index is -0.892. The molecule has 0 saturated heterocycles. The van der Waals surface area contributed by atoms with Crippen molar-refractivity contribution >= 4 is 11.6 Å². The molecule has 0 aromatic heterocycles. The van der Waals surface area contributed by atoms with E-state index in [0.29, 0.717) is 19.6 Å². The summed E-state index contributed by atoms with van der Waals surface area (Å²) in [5, 5.41) is 18.7. The lowest BCUT2D eigenvalue weighted by atomic mass is 10.2. The lowest BCUT2D eigenvalue weighted by Crippen LogP contribution is -2.28. The zero-order chi connectivity index (χ0) is 13.4. The Morgan fingerprint density at radius 2 is 1.83 bits per heavy atom. The summed E-state index contributed by atoms with van der Waals surface area (Å²) in [6.07, 6.45) is -1.36. The van der Waals surface area contributed by atoms with Crippen LogP contribution in [0.15, 0.2) is 24.3 Å². The fourth-order valence-electron chi connectivity index (χ4n) is 1.41. The van der Waals surface area contributed by atoms with Crippen molar-refractivity contribution in [2.24, 2.45) is 0 Å². The molecule has 18 heavy (non-hydrogen) atoms. The van der Waals surface area contributed by atoms with E-state index in [9.17, 15) is 10.2 Å². The van der Waals surface area contributed by atoms with Crippen molar-refractivity contribution in [1.29, 1.82) is 0 Å². The van der Waals surface area contributed by atoms with Gasteiger partial charge in [-0.2, -0.15) is 0 Å². The molecule has 5 heteroatoms. The molecule has 4 nitrogen and oxygen atoms in total. The van der Waals surface area contributed by atoms with E-state index in [1.807, 2.05) is 24.3 Å². The third-order valence-corrected chi connectivity index (χ3v) is 2.90. The van der Waals surface area contributed by atoms with E-state index in [4.69, 9.17) is 21.1 Å². The van der Waals surface area contributed by atoms with Crippen LogP contribution in [-0.4, -0.2) is 42.0 Å². The zero-order valence-electron chi connectivity index (χ0n) is 10.4. The zero-order valence-corrected chi connectivity index (χ0v) is 11.1. The highest BCUT2D eigenvalue weighted by atomic mass is 35.5. The number of aliphatic hydroxyl groups excluding tert-OH is 2. The molecule has 0 fully saturated rings. The molecule has 0 aliphatic rings. The van der Waals surface area contributed by atoms with Crippen molar-refractivity contribution in [3.8, 4) is 5.75 Å². The molecule has 0 spiro atoms. The number of methoxy groups -OCH3 is 1. The minimum Gasteiger partial charge on any atom is -0.497 e. The Morgan fingerprint density at radius 3 is 2.39 bits per heavy atom. The molecule has 0 heterocycles. The molecule has 2 N–H and O–H groups in total. The van der Waals surface area contributed by atoms with E-state index in [2.05, 4.69) is 0 Å². The van der Waals surface area contributed by atoms with Gasteiger partial charge >= 0.3 is 0 Å². The molecule has 0 bridgehead atoms. The average molecular weight is 275 g/mol. The molecule has 0 aliphatic heterocycles. The first-order valence-corrected chi connectivity index (χ1v) is 6.33. The van der Waals surface area contributed by atoms with E-state index in [1.165, 1.54) is 0 Å². The number of alkyl halides is 1. The molecular weight excluding hydrogens is 256 g/mol. The molecule has 1 aromatic carbocycles. The van der Waals surface area contributed by atoms with Gasteiger partial charge in [-0.25, -0.2) is 0 Å². The van der Waals surface area contributed by atoms with Crippen LogP contribution in [0.25, 0.3) is 0 Å². The summed E-state index contributed by atoms with van der Waals surface area (Å²) in [6, 6.07) is 7.57. The van der Waals surface area contributed by atoms with Crippen LogP contribution < -0.4 is 4.74 Å². The first kappa shape index (κ1) is 15.2. The largest absolute Gasteiger partial charge is 0.497 e. The van der Waals surface area contributed by atoms with E-state index in [1.54, 1.807) is 7.11 Å². The molecule has 0 unspecified atom stereocenters. The molecule has 102 valence electrons. The minimum absolute atomic E-state index is 0.0274. The SMILES string of the molecule is COc1ccc(COCC[C@H](O)[C@@H](O)CCl)cc1. The van der Waals surface area contributed by atoms with Gasteiger partial charge in [0.05, 0.1) is 31.8 Å². The Hall–Kier alpha value is -0.810. The number of benzene rings is 1. The normalized spacial score (nSPS) is 14.2. The highest BCUT2D eigenvalue weighted by molar-refractivity contribution is 6.18. The van der Waals surface area contributed by atoms with Crippen molar-refractivity contribution in [2.45, 2.75) is 25.2 Å². The number of halogens is 1. The Balaban J connectivity index is 2.21. The first-order valence-electron chi connectivity index (χ1n) is 5.80. The second-order valence-corrected chi connectivity index (χ2v) is 4.29. The monoisotopic (exact) mass is 274 g/mol. The smallest absolute Gasteiger partial charge is 0.118 e. The van der Waals surface area contributed by atoms with Crippen LogP contribution in [0.2, 0.25) is 0 Å². The van der Waals surface area contributed by atoms with Gasteiger partial charge in [0, 0.05) is 6.61 Å². The highest BCUT2D eigenvalue weighted by Gasteiger charge is 2.14. The molecule has 0 aliphatic carbocycles. The fourth-order valence-corrected chi connectivity index (χ4v) is 1.62. The van der Waals surface area contributed by atoms with Crippen molar-refractivity contribution in [2.75, 3.05) is 19.6 Å². The molecule has 1 aromatic rings. The summed E-state index contributed by atoms with van der Waals surface area (Å²) in [5.74, 6) is 0.832. The summed E-state index contributed by atoms with van der Waals surface area (Å²) in [5.41, 5.74) is 1.03. The van der Waals surface area contributed by atoms with Gasteiger partial charge in [-0.15, -0.1) is 11.6 Å². The van der Waals surface area contributed by atoms with Gasteiger partial charge in [0.25, 0.3) is 0 Å². The Kier molecular flexibility index (Phi) is 7.05. The molecular formula is C13H19ClO4. The third-order valence-electron chi connectivity index (χ3n) is 2.59. The van der Waals surface area contributed by atoms with Gasteiger partial charge in [-0.05, 0) is 24.1 Å².